The number of carbonyl (C=O) groups excluding carboxylic acids is 2. The van der Waals surface area contributed by atoms with Crippen LogP contribution in [0.1, 0.15) is 10.4 Å². The number of ketones is 1. The van der Waals surface area contributed by atoms with E-state index in [0.29, 0.717) is 0 Å². The third kappa shape index (κ3) is 4.33. The summed E-state index contributed by atoms with van der Waals surface area (Å²) in [5.41, 5.74) is -0.127. The maximum Gasteiger partial charge on any atom is 0.524 e. The minimum absolute atomic E-state index is 0.0801. The Balaban J connectivity index is 3.12. The molecule has 0 aliphatic rings. The van der Waals surface area contributed by atoms with Crippen molar-refractivity contribution in [3.8, 4) is 5.75 Å². The second-order valence-corrected chi connectivity index (χ2v) is 4.49. The molecule has 19 heavy (non-hydrogen) atoms. The molecule has 1 atom stereocenters. The number of benzene rings is 1. The van der Waals surface area contributed by atoms with Gasteiger partial charge in [0.2, 0.25) is 5.78 Å². The predicted octanol–water partition coefficient (Wildman–Crippen LogP) is 1.07. The highest BCUT2D eigenvalue weighted by Gasteiger charge is 2.25. The number of rotatable bonds is 7. The van der Waals surface area contributed by atoms with Gasteiger partial charge in [-0.15, -0.1) is 0 Å². The molecule has 0 aliphatic carbocycles. The Labute approximate surface area is 108 Å². The Kier molecular flexibility index (Phi) is 5.00. The molecule has 0 heterocycles. The molecule has 1 rings (SSSR count). The van der Waals surface area contributed by atoms with Crippen LogP contribution in [0.4, 0.5) is 0 Å². The van der Waals surface area contributed by atoms with Crippen molar-refractivity contribution in [1.29, 1.82) is 0 Å². The zero-order valence-corrected chi connectivity index (χ0v) is 10.5. The van der Waals surface area contributed by atoms with Crippen molar-refractivity contribution >= 4 is 20.1 Å². The SMILES string of the molecule is C=CC(OC=O)C(=O)c1ccccc1OP(=O)(O)O. The standard InChI is InChI=1S/C11H11O7P/c1-2-9(17-7-12)11(13)8-5-3-4-6-10(8)18-19(14,15)16/h2-7,9H,1H2,(H2,14,15,16). The largest absolute Gasteiger partial charge is 0.524 e. The van der Waals surface area contributed by atoms with E-state index in [4.69, 9.17) is 9.79 Å². The predicted molar refractivity (Wildman–Crippen MR) is 64.6 cm³/mol. The first-order valence-electron chi connectivity index (χ1n) is 4.99. The topological polar surface area (TPSA) is 110 Å². The Hall–Kier alpha value is -1.95. The number of phosphoric ester groups is 1. The summed E-state index contributed by atoms with van der Waals surface area (Å²) in [6.45, 7) is 3.41. The van der Waals surface area contributed by atoms with Gasteiger partial charge in [-0.25, -0.2) is 4.57 Å². The normalized spacial score (nSPS) is 12.3. The maximum absolute atomic E-state index is 12.0. The van der Waals surface area contributed by atoms with Crippen LogP contribution in [-0.2, 0) is 14.1 Å². The molecular weight excluding hydrogens is 275 g/mol. The third-order valence-electron chi connectivity index (χ3n) is 2.04. The van der Waals surface area contributed by atoms with Gasteiger partial charge in [0.05, 0.1) is 5.56 Å². The molecule has 0 saturated carbocycles. The van der Waals surface area contributed by atoms with Crippen LogP contribution in [0.25, 0.3) is 0 Å². The van der Waals surface area contributed by atoms with Gasteiger partial charge in [0, 0.05) is 0 Å². The number of para-hydroxylation sites is 1. The van der Waals surface area contributed by atoms with Crippen molar-refractivity contribution in [3.63, 3.8) is 0 Å². The molecule has 0 radical (unpaired) electrons. The third-order valence-corrected chi connectivity index (χ3v) is 2.48. The van der Waals surface area contributed by atoms with Crippen molar-refractivity contribution in [2.45, 2.75) is 6.10 Å². The summed E-state index contributed by atoms with van der Waals surface area (Å²) in [4.78, 5) is 39.7. The van der Waals surface area contributed by atoms with E-state index in [0.717, 1.165) is 6.08 Å². The van der Waals surface area contributed by atoms with E-state index in [1.165, 1.54) is 24.3 Å². The van der Waals surface area contributed by atoms with Crippen LogP contribution in [-0.4, -0.2) is 28.1 Å². The number of phosphoric acid groups is 1. The number of ether oxygens (including phenoxy) is 1. The lowest BCUT2D eigenvalue weighted by atomic mass is 10.1. The summed E-state index contributed by atoms with van der Waals surface area (Å²) >= 11 is 0. The molecule has 0 bridgehead atoms. The lowest BCUT2D eigenvalue weighted by molar-refractivity contribution is -0.130. The fraction of sp³-hybridized carbons (Fsp3) is 0.0909. The second-order valence-electron chi connectivity index (χ2n) is 3.33. The van der Waals surface area contributed by atoms with Crippen LogP contribution in [0, 0.1) is 0 Å². The molecule has 0 spiro atoms. The zero-order chi connectivity index (χ0) is 14.5. The van der Waals surface area contributed by atoms with E-state index in [9.17, 15) is 14.2 Å². The highest BCUT2D eigenvalue weighted by molar-refractivity contribution is 7.46. The maximum atomic E-state index is 12.0. The van der Waals surface area contributed by atoms with Gasteiger partial charge in [-0.2, -0.15) is 0 Å². The summed E-state index contributed by atoms with van der Waals surface area (Å²) in [7, 11) is -4.80. The smallest absolute Gasteiger partial charge is 0.452 e. The molecule has 1 unspecified atom stereocenters. The van der Waals surface area contributed by atoms with Crippen LogP contribution in [0.5, 0.6) is 5.75 Å². The first-order valence-corrected chi connectivity index (χ1v) is 6.52. The van der Waals surface area contributed by atoms with Crippen LogP contribution in [0.15, 0.2) is 36.9 Å². The molecule has 0 aliphatic heterocycles. The Bertz CT molecular complexity index is 534. The van der Waals surface area contributed by atoms with E-state index in [1.54, 1.807) is 0 Å². The molecule has 1 aromatic carbocycles. The van der Waals surface area contributed by atoms with Gasteiger partial charge in [0.1, 0.15) is 5.75 Å². The van der Waals surface area contributed by atoms with E-state index >= 15 is 0 Å². The Morgan fingerprint density at radius 3 is 2.53 bits per heavy atom. The van der Waals surface area contributed by atoms with Gasteiger partial charge in [-0.05, 0) is 18.2 Å². The van der Waals surface area contributed by atoms with Gasteiger partial charge >= 0.3 is 7.82 Å². The van der Waals surface area contributed by atoms with Crippen molar-refractivity contribution in [1.82, 2.24) is 0 Å². The molecule has 0 aromatic heterocycles. The summed E-state index contributed by atoms with van der Waals surface area (Å²) in [6.07, 6.45) is -0.163. The average molecular weight is 286 g/mol. The van der Waals surface area contributed by atoms with Crippen LogP contribution < -0.4 is 4.52 Å². The zero-order valence-electron chi connectivity index (χ0n) is 9.63. The van der Waals surface area contributed by atoms with Crippen molar-refractivity contribution in [2.75, 3.05) is 0 Å². The van der Waals surface area contributed by atoms with Crippen molar-refractivity contribution in [2.24, 2.45) is 0 Å². The molecule has 0 saturated heterocycles. The van der Waals surface area contributed by atoms with E-state index in [1.807, 2.05) is 0 Å². The van der Waals surface area contributed by atoms with Crippen molar-refractivity contribution in [3.05, 3.63) is 42.5 Å². The monoisotopic (exact) mass is 286 g/mol. The van der Waals surface area contributed by atoms with Gasteiger partial charge in [-0.3, -0.25) is 19.4 Å². The van der Waals surface area contributed by atoms with Crippen LogP contribution >= 0.6 is 7.82 Å². The minimum atomic E-state index is -4.80. The van der Waals surface area contributed by atoms with Gasteiger partial charge in [-0.1, -0.05) is 18.7 Å². The van der Waals surface area contributed by atoms with E-state index < -0.39 is 19.7 Å². The molecule has 0 amide bonds. The summed E-state index contributed by atoms with van der Waals surface area (Å²) < 4.78 is 19.7. The number of hydrogen-bond donors (Lipinski definition) is 2. The summed E-state index contributed by atoms with van der Waals surface area (Å²) in [5.74, 6) is -1.01. The quantitative estimate of drug-likeness (QED) is 0.334. The fourth-order valence-electron chi connectivity index (χ4n) is 1.32. The minimum Gasteiger partial charge on any atom is -0.452 e. The number of Topliss-reactive ketones (excluding diaryl/α,β-unsaturated/α-hetero) is 1. The van der Waals surface area contributed by atoms with Gasteiger partial charge in [0.25, 0.3) is 6.47 Å². The van der Waals surface area contributed by atoms with Crippen LogP contribution in [0.3, 0.4) is 0 Å². The van der Waals surface area contributed by atoms with E-state index in [-0.39, 0.29) is 17.8 Å². The fourth-order valence-corrected chi connectivity index (χ4v) is 1.73. The summed E-state index contributed by atoms with van der Waals surface area (Å²) in [5, 5.41) is 0. The molecule has 0 fully saturated rings. The molecular formula is C11H11O7P. The molecule has 1 aromatic rings. The van der Waals surface area contributed by atoms with Gasteiger partial charge in [0.15, 0.2) is 6.10 Å². The number of carbonyl (C=O) groups is 2. The van der Waals surface area contributed by atoms with Crippen molar-refractivity contribution < 1.29 is 33.2 Å². The molecule has 8 heteroatoms. The molecule has 7 nitrogen and oxygen atoms in total. The highest BCUT2D eigenvalue weighted by Crippen LogP contribution is 2.39. The Morgan fingerprint density at radius 2 is 2.00 bits per heavy atom. The molecule has 2 N–H and O–H groups in total. The Morgan fingerprint density at radius 1 is 1.37 bits per heavy atom. The van der Waals surface area contributed by atoms with Crippen LogP contribution in [0.2, 0.25) is 0 Å². The number of hydrogen-bond acceptors (Lipinski definition) is 5. The first kappa shape index (κ1) is 15.1. The molecule has 102 valence electrons. The van der Waals surface area contributed by atoms with E-state index in [2.05, 4.69) is 15.8 Å². The lowest BCUT2D eigenvalue weighted by Gasteiger charge is -2.13. The van der Waals surface area contributed by atoms with Gasteiger partial charge < -0.3 is 9.26 Å². The first-order chi connectivity index (χ1) is 8.89. The average Bonchev–Trinajstić information content (AvgIpc) is 2.34. The second kappa shape index (κ2) is 6.29. The lowest BCUT2D eigenvalue weighted by Crippen LogP contribution is -2.22. The highest BCUT2D eigenvalue weighted by atomic mass is 31.2. The summed E-state index contributed by atoms with van der Waals surface area (Å²) in [6, 6.07) is 5.41.